The summed E-state index contributed by atoms with van der Waals surface area (Å²) in [6.45, 7) is 0.256. The van der Waals surface area contributed by atoms with Crippen LogP contribution in [0.5, 0.6) is 0 Å². The van der Waals surface area contributed by atoms with E-state index >= 15 is 0 Å². The quantitative estimate of drug-likeness (QED) is 0.588. The van der Waals surface area contributed by atoms with Crippen LogP contribution in [0.2, 0.25) is 0 Å². The average molecular weight is 470 g/mol. The summed E-state index contributed by atoms with van der Waals surface area (Å²) >= 11 is 2.16. The summed E-state index contributed by atoms with van der Waals surface area (Å²) in [5, 5.41) is 24.0. The molecule has 0 amide bonds. The molecule has 0 bridgehead atoms. The number of hydrogen-bond donors (Lipinski definition) is 3. The molecule has 4 rings (SSSR count). The van der Waals surface area contributed by atoms with Crippen LogP contribution in [-0.4, -0.2) is 52.4 Å². The number of anilines is 1. The lowest BCUT2D eigenvalue weighted by Crippen LogP contribution is -2.63. The van der Waals surface area contributed by atoms with E-state index in [1.54, 1.807) is 12.3 Å². The maximum Gasteiger partial charge on any atom is 0.184 e. The summed E-state index contributed by atoms with van der Waals surface area (Å²) in [6, 6.07) is 13.2. The lowest BCUT2D eigenvalue weighted by molar-refractivity contribution is -0.325. The minimum absolute atomic E-state index is 0.256. The second-order valence-electron chi connectivity index (χ2n) is 6.26. The molecule has 2 aromatic rings. The van der Waals surface area contributed by atoms with Crippen LogP contribution in [-0.2, 0) is 14.2 Å². The monoisotopic (exact) mass is 470 g/mol. The number of benzene rings is 1. The molecular formula is C18H19IN2O5. The van der Waals surface area contributed by atoms with Crippen LogP contribution in [0.1, 0.15) is 11.9 Å². The van der Waals surface area contributed by atoms with Crippen molar-refractivity contribution in [2.75, 3.05) is 11.9 Å². The highest BCUT2D eigenvalue weighted by Crippen LogP contribution is 2.34. The molecular weight excluding hydrogens is 451 g/mol. The standard InChI is InChI=1S/C18H19IN2O5/c19-11-6-7-13(20-8-11)21-17-15(23)14(22)16-12(25-17)9-24-18(26-16)10-4-2-1-3-5-10/h1-8,12,14-18,22-23H,9H2,(H,20,21)/t12-,14-,15-,16-,17-,18?/m1/s1. The first-order valence-electron chi connectivity index (χ1n) is 8.33. The smallest absolute Gasteiger partial charge is 0.184 e. The summed E-state index contributed by atoms with van der Waals surface area (Å²) in [5.41, 5.74) is 0.857. The first-order valence-corrected chi connectivity index (χ1v) is 9.41. The Morgan fingerprint density at radius 1 is 1.04 bits per heavy atom. The number of nitrogens with zero attached hydrogens (tertiary/aromatic N) is 1. The molecule has 3 heterocycles. The summed E-state index contributed by atoms with van der Waals surface area (Å²) < 4.78 is 18.5. The molecule has 2 fully saturated rings. The fourth-order valence-corrected chi connectivity index (χ4v) is 3.44. The van der Waals surface area contributed by atoms with E-state index in [1.807, 2.05) is 36.4 Å². The predicted molar refractivity (Wildman–Crippen MR) is 101 cm³/mol. The molecule has 0 aliphatic carbocycles. The highest BCUT2D eigenvalue weighted by atomic mass is 127. The number of aliphatic hydroxyl groups excluding tert-OH is 2. The molecule has 7 nitrogen and oxygen atoms in total. The SMILES string of the molecule is O[C@@H]1[C@@H](O)[C@H](Nc2ccc(I)cn2)O[C@@H]2COC(c3ccccc3)O[C@@H]12. The Morgan fingerprint density at radius 2 is 1.85 bits per heavy atom. The van der Waals surface area contributed by atoms with Crippen molar-refractivity contribution in [2.24, 2.45) is 0 Å². The maximum atomic E-state index is 10.6. The second-order valence-corrected chi connectivity index (χ2v) is 7.50. The second kappa shape index (κ2) is 7.75. The van der Waals surface area contributed by atoms with E-state index < -0.39 is 36.9 Å². The Kier molecular flexibility index (Phi) is 5.39. The third-order valence-corrected chi connectivity index (χ3v) is 5.10. The molecule has 8 heteroatoms. The van der Waals surface area contributed by atoms with Gasteiger partial charge in [-0.05, 0) is 34.7 Å². The summed E-state index contributed by atoms with van der Waals surface area (Å²) in [4.78, 5) is 4.23. The van der Waals surface area contributed by atoms with Gasteiger partial charge < -0.3 is 29.7 Å². The van der Waals surface area contributed by atoms with Crippen LogP contribution >= 0.6 is 22.6 Å². The molecule has 2 aliphatic rings. The van der Waals surface area contributed by atoms with Crippen molar-refractivity contribution in [1.29, 1.82) is 0 Å². The number of hydrogen-bond acceptors (Lipinski definition) is 7. The molecule has 0 saturated carbocycles. The van der Waals surface area contributed by atoms with Crippen molar-refractivity contribution in [3.63, 3.8) is 0 Å². The molecule has 138 valence electrons. The lowest BCUT2D eigenvalue weighted by atomic mass is 9.97. The van der Waals surface area contributed by atoms with E-state index in [0.717, 1.165) is 9.13 Å². The Balaban J connectivity index is 1.45. The summed E-state index contributed by atoms with van der Waals surface area (Å²) in [7, 11) is 0. The van der Waals surface area contributed by atoms with Gasteiger partial charge in [0.05, 0.1) is 6.61 Å². The van der Waals surface area contributed by atoms with E-state index in [1.165, 1.54) is 0 Å². The number of aliphatic hydroxyl groups is 2. The zero-order chi connectivity index (χ0) is 18.1. The van der Waals surface area contributed by atoms with Crippen molar-refractivity contribution >= 4 is 28.4 Å². The van der Waals surface area contributed by atoms with E-state index in [9.17, 15) is 10.2 Å². The highest BCUT2D eigenvalue weighted by Gasteiger charge is 2.48. The van der Waals surface area contributed by atoms with Crippen molar-refractivity contribution < 1.29 is 24.4 Å². The van der Waals surface area contributed by atoms with Crippen LogP contribution in [0.15, 0.2) is 48.7 Å². The van der Waals surface area contributed by atoms with Crippen molar-refractivity contribution in [3.05, 3.63) is 57.8 Å². The average Bonchev–Trinajstić information content (AvgIpc) is 2.68. The topological polar surface area (TPSA) is 93.1 Å². The molecule has 0 radical (unpaired) electrons. The van der Waals surface area contributed by atoms with Gasteiger partial charge in [0.1, 0.15) is 30.2 Å². The number of aromatic nitrogens is 1. The van der Waals surface area contributed by atoms with Crippen LogP contribution in [0.3, 0.4) is 0 Å². The third kappa shape index (κ3) is 3.71. The Bertz CT molecular complexity index is 730. The van der Waals surface area contributed by atoms with Crippen molar-refractivity contribution in [2.45, 2.75) is 36.9 Å². The van der Waals surface area contributed by atoms with E-state index in [0.29, 0.717) is 5.82 Å². The van der Waals surface area contributed by atoms with Crippen LogP contribution in [0.25, 0.3) is 0 Å². The van der Waals surface area contributed by atoms with Crippen LogP contribution < -0.4 is 5.32 Å². The normalized spacial score (nSPS) is 34.1. The molecule has 2 saturated heterocycles. The number of pyridine rings is 1. The molecule has 2 aliphatic heterocycles. The van der Waals surface area contributed by atoms with E-state index in [2.05, 4.69) is 32.9 Å². The fourth-order valence-electron chi connectivity index (χ4n) is 3.12. The maximum absolute atomic E-state index is 10.6. The van der Waals surface area contributed by atoms with E-state index in [4.69, 9.17) is 14.2 Å². The largest absolute Gasteiger partial charge is 0.387 e. The van der Waals surface area contributed by atoms with Gasteiger partial charge in [-0.3, -0.25) is 0 Å². The Morgan fingerprint density at radius 3 is 2.58 bits per heavy atom. The van der Waals surface area contributed by atoms with Gasteiger partial charge in [0.25, 0.3) is 0 Å². The Hall–Kier alpha value is -1.30. The van der Waals surface area contributed by atoms with Crippen molar-refractivity contribution in [3.8, 4) is 0 Å². The number of fused-ring (bicyclic) bond motifs is 1. The van der Waals surface area contributed by atoms with Gasteiger partial charge in [-0.25, -0.2) is 4.98 Å². The minimum Gasteiger partial charge on any atom is -0.387 e. The molecule has 26 heavy (non-hydrogen) atoms. The number of ether oxygens (including phenoxy) is 3. The van der Waals surface area contributed by atoms with Gasteiger partial charge in [0.2, 0.25) is 0 Å². The van der Waals surface area contributed by atoms with Gasteiger partial charge in [0.15, 0.2) is 12.5 Å². The van der Waals surface area contributed by atoms with Gasteiger partial charge in [-0.2, -0.15) is 0 Å². The van der Waals surface area contributed by atoms with Crippen LogP contribution in [0.4, 0.5) is 5.82 Å². The number of nitrogens with one attached hydrogen (secondary N) is 1. The van der Waals surface area contributed by atoms with Gasteiger partial charge in [-0.15, -0.1) is 0 Å². The molecule has 3 N–H and O–H groups in total. The number of rotatable bonds is 3. The molecule has 6 atom stereocenters. The zero-order valence-corrected chi connectivity index (χ0v) is 15.9. The molecule has 1 aromatic heterocycles. The van der Waals surface area contributed by atoms with E-state index in [-0.39, 0.29) is 6.61 Å². The first-order chi connectivity index (χ1) is 12.6. The van der Waals surface area contributed by atoms with Gasteiger partial charge in [0, 0.05) is 15.3 Å². The molecule has 1 aromatic carbocycles. The molecule has 1 unspecified atom stereocenters. The van der Waals surface area contributed by atoms with Gasteiger partial charge >= 0.3 is 0 Å². The highest BCUT2D eigenvalue weighted by molar-refractivity contribution is 14.1. The van der Waals surface area contributed by atoms with Crippen molar-refractivity contribution in [1.82, 2.24) is 4.98 Å². The Labute approximate surface area is 164 Å². The fraction of sp³-hybridized carbons (Fsp3) is 0.389. The van der Waals surface area contributed by atoms with Gasteiger partial charge in [-0.1, -0.05) is 30.3 Å². The summed E-state index contributed by atoms with van der Waals surface area (Å²) in [6.07, 6.45) is -3.13. The summed E-state index contributed by atoms with van der Waals surface area (Å²) in [5.74, 6) is 0.555. The number of halogens is 1. The lowest BCUT2D eigenvalue weighted by Gasteiger charge is -2.46. The third-order valence-electron chi connectivity index (χ3n) is 4.47. The van der Waals surface area contributed by atoms with Crippen LogP contribution in [0, 0.1) is 3.57 Å². The first kappa shape index (κ1) is 18.1. The zero-order valence-electron chi connectivity index (χ0n) is 13.7. The predicted octanol–water partition coefficient (Wildman–Crippen LogP) is 1.66. The molecule has 0 spiro atoms. The minimum atomic E-state index is -1.16.